The standard InChI is InChI=1S/C12H14N4O2S/c1-18-12-14-11(15-16-12)13-10(17)9-5-3-4-8(6-9)7-19-2/h3-6H,7H2,1-2H3,(H2,13,14,15,16,17). The molecule has 0 unspecified atom stereocenters. The molecule has 0 aliphatic heterocycles. The van der Waals surface area contributed by atoms with Gasteiger partial charge in [-0.05, 0) is 24.0 Å². The first kappa shape index (κ1) is 13.4. The Morgan fingerprint density at radius 1 is 1.53 bits per heavy atom. The van der Waals surface area contributed by atoms with E-state index in [4.69, 9.17) is 4.74 Å². The van der Waals surface area contributed by atoms with Gasteiger partial charge >= 0.3 is 6.01 Å². The fourth-order valence-corrected chi connectivity index (χ4v) is 2.06. The second-order valence-corrected chi connectivity index (χ2v) is 4.62. The first-order chi connectivity index (χ1) is 9.22. The van der Waals surface area contributed by atoms with Crippen LogP contribution in [0.15, 0.2) is 24.3 Å². The molecule has 6 nitrogen and oxygen atoms in total. The summed E-state index contributed by atoms with van der Waals surface area (Å²) in [5.74, 6) is 0.899. The van der Waals surface area contributed by atoms with Gasteiger partial charge in [0.25, 0.3) is 5.91 Å². The number of nitrogens with one attached hydrogen (secondary N) is 2. The molecular weight excluding hydrogens is 264 g/mol. The number of H-pyrrole nitrogens is 1. The molecule has 1 heterocycles. The predicted molar refractivity (Wildman–Crippen MR) is 74.5 cm³/mol. The normalized spacial score (nSPS) is 10.2. The third kappa shape index (κ3) is 3.47. The largest absolute Gasteiger partial charge is 0.466 e. The van der Waals surface area contributed by atoms with Crippen LogP contribution in [0.2, 0.25) is 0 Å². The lowest BCUT2D eigenvalue weighted by Crippen LogP contribution is -2.13. The number of thioether (sulfide) groups is 1. The minimum atomic E-state index is -0.234. The number of hydrogen-bond donors (Lipinski definition) is 2. The van der Waals surface area contributed by atoms with Gasteiger partial charge in [0, 0.05) is 11.3 Å². The van der Waals surface area contributed by atoms with Crippen molar-refractivity contribution >= 4 is 23.6 Å². The first-order valence-corrected chi connectivity index (χ1v) is 6.98. The van der Waals surface area contributed by atoms with Crippen molar-refractivity contribution in [3.05, 3.63) is 35.4 Å². The molecule has 0 spiro atoms. The van der Waals surface area contributed by atoms with Crippen LogP contribution in [0.3, 0.4) is 0 Å². The number of benzene rings is 1. The van der Waals surface area contributed by atoms with Crippen LogP contribution in [0.4, 0.5) is 5.95 Å². The van der Waals surface area contributed by atoms with Crippen LogP contribution in [-0.4, -0.2) is 34.5 Å². The zero-order chi connectivity index (χ0) is 13.7. The Balaban J connectivity index is 2.08. The average Bonchev–Trinajstić information content (AvgIpc) is 2.87. The van der Waals surface area contributed by atoms with Crippen molar-refractivity contribution in [3.8, 4) is 6.01 Å². The minimum Gasteiger partial charge on any atom is -0.466 e. The number of rotatable bonds is 5. The number of aromatic nitrogens is 3. The maximum atomic E-state index is 12.0. The zero-order valence-electron chi connectivity index (χ0n) is 10.6. The van der Waals surface area contributed by atoms with Gasteiger partial charge in [0.2, 0.25) is 5.95 Å². The van der Waals surface area contributed by atoms with E-state index >= 15 is 0 Å². The molecule has 0 fully saturated rings. The van der Waals surface area contributed by atoms with Gasteiger partial charge in [0.1, 0.15) is 0 Å². The van der Waals surface area contributed by atoms with Gasteiger partial charge < -0.3 is 4.74 Å². The molecule has 0 aliphatic carbocycles. The molecular formula is C12H14N4O2S. The molecule has 1 aromatic carbocycles. The topological polar surface area (TPSA) is 79.9 Å². The summed E-state index contributed by atoms with van der Waals surface area (Å²) in [6.07, 6.45) is 2.02. The lowest BCUT2D eigenvalue weighted by Gasteiger charge is -2.04. The number of amides is 1. The molecule has 100 valence electrons. The number of ether oxygens (including phenoxy) is 1. The van der Waals surface area contributed by atoms with Crippen LogP contribution in [0, 0.1) is 0 Å². The second-order valence-electron chi connectivity index (χ2n) is 3.76. The van der Waals surface area contributed by atoms with Gasteiger partial charge in [-0.25, -0.2) is 5.10 Å². The van der Waals surface area contributed by atoms with Gasteiger partial charge in [-0.2, -0.15) is 16.7 Å². The molecule has 0 aliphatic rings. The maximum Gasteiger partial charge on any atom is 0.336 e. The summed E-state index contributed by atoms with van der Waals surface area (Å²) in [4.78, 5) is 15.9. The summed E-state index contributed by atoms with van der Waals surface area (Å²) < 4.78 is 4.83. The molecule has 0 saturated heterocycles. The number of carbonyl (C=O) groups is 1. The summed E-state index contributed by atoms with van der Waals surface area (Å²) in [7, 11) is 1.46. The van der Waals surface area contributed by atoms with Gasteiger partial charge in [0.05, 0.1) is 7.11 Å². The molecule has 19 heavy (non-hydrogen) atoms. The van der Waals surface area contributed by atoms with Crippen LogP contribution in [-0.2, 0) is 5.75 Å². The Hall–Kier alpha value is -2.02. The average molecular weight is 278 g/mol. The molecule has 7 heteroatoms. The van der Waals surface area contributed by atoms with E-state index in [-0.39, 0.29) is 17.9 Å². The number of methoxy groups -OCH3 is 1. The monoisotopic (exact) mass is 278 g/mol. The molecule has 0 radical (unpaired) electrons. The summed E-state index contributed by atoms with van der Waals surface area (Å²) in [6, 6.07) is 7.66. The summed E-state index contributed by atoms with van der Waals surface area (Å²) >= 11 is 1.71. The fourth-order valence-electron chi connectivity index (χ4n) is 1.54. The van der Waals surface area contributed by atoms with Gasteiger partial charge in [-0.1, -0.05) is 12.1 Å². The van der Waals surface area contributed by atoms with Crippen molar-refractivity contribution in [2.45, 2.75) is 5.75 Å². The summed E-state index contributed by atoms with van der Waals surface area (Å²) in [6.45, 7) is 0. The molecule has 2 N–H and O–H groups in total. The molecule has 2 rings (SSSR count). The van der Waals surface area contributed by atoms with Gasteiger partial charge in [0.15, 0.2) is 0 Å². The smallest absolute Gasteiger partial charge is 0.336 e. The number of aromatic amines is 1. The number of hydrogen-bond acceptors (Lipinski definition) is 5. The Morgan fingerprint density at radius 3 is 3.05 bits per heavy atom. The van der Waals surface area contributed by atoms with Crippen LogP contribution in [0.1, 0.15) is 15.9 Å². The van der Waals surface area contributed by atoms with Crippen molar-refractivity contribution < 1.29 is 9.53 Å². The van der Waals surface area contributed by atoms with E-state index in [0.29, 0.717) is 5.56 Å². The molecule has 0 bridgehead atoms. The van der Waals surface area contributed by atoms with Crippen LogP contribution < -0.4 is 10.1 Å². The number of carbonyl (C=O) groups excluding carboxylic acids is 1. The first-order valence-electron chi connectivity index (χ1n) is 5.58. The second kappa shape index (κ2) is 6.24. The molecule has 2 aromatic rings. The maximum absolute atomic E-state index is 12.0. The van der Waals surface area contributed by atoms with Gasteiger partial charge in [-0.15, -0.1) is 5.10 Å². The highest BCUT2D eigenvalue weighted by molar-refractivity contribution is 7.97. The van der Waals surface area contributed by atoms with Crippen molar-refractivity contribution in [1.29, 1.82) is 0 Å². The van der Waals surface area contributed by atoms with E-state index in [9.17, 15) is 4.79 Å². The quantitative estimate of drug-likeness (QED) is 0.873. The highest BCUT2D eigenvalue weighted by Crippen LogP contribution is 2.13. The minimum absolute atomic E-state index is 0.187. The third-order valence-corrected chi connectivity index (χ3v) is 3.00. The molecule has 1 aromatic heterocycles. The van der Waals surface area contributed by atoms with E-state index in [0.717, 1.165) is 11.3 Å². The summed E-state index contributed by atoms with van der Waals surface area (Å²) in [5.41, 5.74) is 1.69. The van der Waals surface area contributed by atoms with E-state index in [1.165, 1.54) is 7.11 Å². The van der Waals surface area contributed by atoms with E-state index < -0.39 is 0 Å². The van der Waals surface area contributed by atoms with Crippen molar-refractivity contribution in [2.24, 2.45) is 0 Å². The number of nitrogens with zero attached hydrogens (tertiary/aromatic N) is 2. The third-order valence-electron chi connectivity index (χ3n) is 2.38. The van der Waals surface area contributed by atoms with Crippen LogP contribution in [0.25, 0.3) is 0 Å². The highest BCUT2D eigenvalue weighted by atomic mass is 32.2. The predicted octanol–water partition coefficient (Wildman–Crippen LogP) is 1.93. The molecule has 0 atom stereocenters. The Labute approximate surface area is 115 Å². The van der Waals surface area contributed by atoms with Crippen molar-refractivity contribution in [2.75, 3.05) is 18.7 Å². The summed E-state index contributed by atoms with van der Waals surface area (Å²) in [5, 5.41) is 8.95. The van der Waals surface area contributed by atoms with Crippen LogP contribution in [0.5, 0.6) is 6.01 Å². The highest BCUT2D eigenvalue weighted by Gasteiger charge is 2.10. The van der Waals surface area contributed by atoms with E-state index in [2.05, 4.69) is 20.5 Å². The Morgan fingerprint density at radius 2 is 2.37 bits per heavy atom. The van der Waals surface area contributed by atoms with Crippen LogP contribution >= 0.6 is 11.8 Å². The van der Waals surface area contributed by atoms with Crippen molar-refractivity contribution in [3.63, 3.8) is 0 Å². The van der Waals surface area contributed by atoms with E-state index in [1.54, 1.807) is 17.8 Å². The lowest BCUT2D eigenvalue weighted by atomic mass is 10.1. The molecule has 1 amide bonds. The fraction of sp³-hybridized carbons (Fsp3) is 0.250. The van der Waals surface area contributed by atoms with Crippen molar-refractivity contribution in [1.82, 2.24) is 15.2 Å². The SMILES string of the molecule is COc1n[nH]c(NC(=O)c2cccc(CSC)c2)n1. The zero-order valence-corrected chi connectivity index (χ0v) is 11.5. The number of anilines is 1. The molecule has 0 saturated carbocycles. The van der Waals surface area contributed by atoms with E-state index in [1.807, 2.05) is 24.5 Å². The van der Waals surface area contributed by atoms with Gasteiger partial charge in [-0.3, -0.25) is 10.1 Å². The Kier molecular flexibility index (Phi) is 4.40. The lowest BCUT2D eigenvalue weighted by molar-refractivity contribution is 0.102. The Bertz CT molecular complexity index is 570.